The molecule has 0 spiro atoms. The summed E-state index contributed by atoms with van der Waals surface area (Å²) >= 11 is 1.52. The number of carbonyl (C=O) groups is 2. The minimum absolute atomic E-state index is 0.103. The van der Waals surface area contributed by atoms with Crippen LogP contribution in [-0.2, 0) is 4.79 Å². The molecule has 0 bridgehead atoms. The summed E-state index contributed by atoms with van der Waals surface area (Å²) in [6.45, 7) is 0.812. The molecule has 3 amide bonds. The Morgan fingerprint density at radius 1 is 1.03 bits per heavy atom. The number of ether oxygens (including phenoxy) is 2. The Morgan fingerprint density at radius 3 is 2.55 bits per heavy atom. The first-order chi connectivity index (χ1) is 15.1. The lowest BCUT2D eigenvalue weighted by Crippen LogP contribution is -2.41. The number of rotatable bonds is 6. The topological polar surface area (TPSA) is 88.7 Å². The summed E-state index contributed by atoms with van der Waals surface area (Å²) in [7, 11) is 0. The number of hydrogen-bond donors (Lipinski definition) is 3. The molecular weight excluding hydrogens is 421 g/mol. The predicted molar refractivity (Wildman–Crippen MR) is 115 cm³/mol. The van der Waals surface area contributed by atoms with Crippen molar-refractivity contribution in [1.29, 1.82) is 0 Å². The Bertz CT molecular complexity index is 1060. The molecule has 160 valence electrons. The molecular formula is C22H20FN3O4S. The van der Waals surface area contributed by atoms with Crippen molar-refractivity contribution in [3.63, 3.8) is 0 Å². The maximum Gasteiger partial charge on any atom is 0.325 e. The lowest BCUT2D eigenvalue weighted by Gasteiger charge is -2.19. The van der Waals surface area contributed by atoms with Gasteiger partial charge in [0.15, 0.2) is 11.5 Å². The fourth-order valence-electron chi connectivity index (χ4n) is 3.14. The molecule has 1 aliphatic heterocycles. The Kier molecular flexibility index (Phi) is 6.44. The zero-order valence-electron chi connectivity index (χ0n) is 16.4. The molecule has 9 heteroatoms. The van der Waals surface area contributed by atoms with Gasteiger partial charge in [0, 0.05) is 16.6 Å². The molecule has 1 aromatic heterocycles. The van der Waals surface area contributed by atoms with Gasteiger partial charge in [-0.25, -0.2) is 9.18 Å². The van der Waals surface area contributed by atoms with Gasteiger partial charge >= 0.3 is 6.03 Å². The molecule has 3 N–H and O–H groups in total. The van der Waals surface area contributed by atoms with Gasteiger partial charge in [0.1, 0.15) is 19.0 Å². The number of thiophene rings is 1. The van der Waals surface area contributed by atoms with Crippen LogP contribution in [0.3, 0.4) is 0 Å². The molecule has 2 heterocycles. The van der Waals surface area contributed by atoms with Crippen molar-refractivity contribution in [3.05, 3.63) is 76.2 Å². The van der Waals surface area contributed by atoms with Crippen LogP contribution in [0.5, 0.6) is 11.5 Å². The van der Waals surface area contributed by atoms with Crippen molar-refractivity contribution >= 4 is 29.0 Å². The number of halogens is 1. The van der Waals surface area contributed by atoms with Crippen molar-refractivity contribution in [3.8, 4) is 11.5 Å². The smallest absolute Gasteiger partial charge is 0.325 e. The highest BCUT2D eigenvalue weighted by atomic mass is 32.1. The Hall–Kier alpha value is -3.43. The van der Waals surface area contributed by atoms with E-state index in [1.807, 2.05) is 17.5 Å². The summed E-state index contributed by atoms with van der Waals surface area (Å²) in [5.74, 6) is 0.314. The maximum absolute atomic E-state index is 13.3. The second-order valence-electron chi connectivity index (χ2n) is 6.74. The van der Waals surface area contributed by atoms with E-state index in [0.29, 0.717) is 30.4 Å². The molecule has 0 radical (unpaired) electrons. The average Bonchev–Trinajstić information content (AvgIpc) is 3.29. The molecule has 0 unspecified atom stereocenters. The summed E-state index contributed by atoms with van der Waals surface area (Å²) in [5.41, 5.74) is 1.29. The molecule has 0 saturated heterocycles. The van der Waals surface area contributed by atoms with Crippen LogP contribution in [0.4, 0.5) is 14.9 Å². The van der Waals surface area contributed by atoms with Crippen LogP contribution < -0.4 is 25.4 Å². The largest absolute Gasteiger partial charge is 0.486 e. The minimum Gasteiger partial charge on any atom is -0.486 e. The predicted octanol–water partition coefficient (Wildman–Crippen LogP) is 3.69. The molecule has 0 fully saturated rings. The zero-order valence-corrected chi connectivity index (χ0v) is 17.2. The van der Waals surface area contributed by atoms with Gasteiger partial charge in [0.2, 0.25) is 5.91 Å². The first-order valence-corrected chi connectivity index (χ1v) is 10.5. The van der Waals surface area contributed by atoms with Crippen molar-refractivity contribution in [2.45, 2.75) is 6.04 Å². The van der Waals surface area contributed by atoms with Gasteiger partial charge < -0.3 is 14.8 Å². The summed E-state index contributed by atoms with van der Waals surface area (Å²) in [6.07, 6.45) is 0. The van der Waals surface area contributed by atoms with E-state index >= 15 is 0 Å². The zero-order chi connectivity index (χ0) is 21.6. The normalized spacial score (nSPS) is 13.3. The first kappa shape index (κ1) is 20.8. The third-order valence-corrected chi connectivity index (χ3v) is 5.49. The van der Waals surface area contributed by atoms with Crippen molar-refractivity contribution in [1.82, 2.24) is 10.6 Å². The molecule has 0 aliphatic carbocycles. The minimum atomic E-state index is -0.655. The SMILES string of the molecule is O=C(CN[C@H](c1ccc(F)cc1)c1cccs1)NC(=O)Nc1ccc2c(c1)OCCO2. The number of urea groups is 1. The fourth-order valence-corrected chi connectivity index (χ4v) is 3.97. The van der Waals surface area contributed by atoms with E-state index in [1.165, 1.54) is 23.5 Å². The Morgan fingerprint density at radius 2 is 1.81 bits per heavy atom. The number of fused-ring (bicyclic) bond motifs is 1. The van der Waals surface area contributed by atoms with E-state index in [9.17, 15) is 14.0 Å². The second-order valence-corrected chi connectivity index (χ2v) is 7.72. The van der Waals surface area contributed by atoms with Crippen LogP contribution >= 0.6 is 11.3 Å². The average molecular weight is 441 g/mol. The lowest BCUT2D eigenvalue weighted by atomic mass is 10.1. The number of imide groups is 1. The van der Waals surface area contributed by atoms with Gasteiger partial charge in [-0.05, 0) is 41.3 Å². The quantitative estimate of drug-likeness (QED) is 0.543. The van der Waals surface area contributed by atoms with E-state index < -0.39 is 11.9 Å². The first-order valence-electron chi connectivity index (χ1n) is 9.61. The van der Waals surface area contributed by atoms with E-state index in [-0.39, 0.29) is 18.4 Å². The summed E-state index contributed by atoms with van der Waals surface area (Å²) < 4.78 is 24.2. The molecule has 0 saturated carbocycles. The molecule has 7 nitrogen and oxygen atoms in total. The maximum atomic E-state index is 13.3. The number of benzene rings is 2. The Balaban J connectivity index is 1.34. The van der Waals surface area contributed by atoms with Crippen molar-refractivity contribution in [2.24, 2.45) is 0 Å². The number of hydrogen-bond acceptors (Lipinski definition) is 6. The third-order valence-electron chi connectivity index (χ3n) is 4.55. The fraction of sp³-hybridized carbons (Fsp3) is 0.182. The molecule has 1 aliphatic rings. The van der Waals surface area contributed by atoms with Gasteiger partial charge in [-0.3, -0.25) is 15.4 Å². The molecule has 4 rings (SSSR count). The molecule has 1 atom stereocenters. The monoisotopic (exact) mass is 441 g/mol. The highest BCUT2D eigenvalue weighted by Crippen LogP contribution is 2.32. The number of anilines is 1. The Labute approximate surface area is 182 Å². The van der Waals surface area contributed by atoms with Crippen molar-refractivity contribution in [2.75, 3.05) is 25.1 Å². The van der Waals surface area contributed by atoms with E-state index in [4.69, 9.17) is 9.47 Å². The lowest BCUT2D eigenvalue weighted by molar-refractivity contribution is -0.119. The highest BCUT2D eigenvalue weighted by molar-refractivity contribution is 7.10. The molecule has 31 heavy (non-hydrogen) atoms. The summed E-state index contributed by atoms with van der Waals surface area (Å²) in [6, 6.07) is 14.0. The van der Waals surface area contributed by atoms with Crippen LogP contribution in [0.2, 0.25) is 0 Å². The van der Waals surface area contributed by atoms with Gasteiger partial charge in [-0.15, -0.1) is 11.3 Å². The van der Waals surface area contributed by atoms with Crippen LogP contribution in [0.25, 0.3) is 0 Å². The van der Waals surface area contributed by atoms with Gasteiger partial charge in [-0.2, -0.15) is 0 Å². The van der Waals surface area contributed by atoms with Crippen LogP contribution in [0, 0.1) is 5.82 Å². The van der Waals surface area contributed by atoms with Gasteiger partial charge in [-0.1, -0.05) is 18.2 Å². The standard InChI is InChI=1S/C22H20FN3O4S/c23-15-5-3-14(4-6-15)21(19-2-1-11-31-19)24-13-20(27)26-22(28)25-16-7-8-17-18(12-16)30-10-9-29-17/h1-8,11-12,21,24H,9-10,13H2,(H2,25,26,27,28)/t21-/m1/s1. The van der Waals surface area contributed by atoms with E-state index in [2.05, 4.69) is 16.0 Å². The number of amides is 3. The molecule has 2 aromatic carbocycles. The number of nitrogens with one attached hydrogen (secondary N) is 3. The van der Waals surface area contributed by atoms with Gasteiger partial charge in [0.25, 0.3) is 0 Å². The van der Waals surface area contributed by atoms with Crippen LogP contribution in [0.15, 0.2) is 60.0 Å². The number of carbonyl (C=O) groups excluding carboxylic acids is 2. The highest BCUT2D eigenvalue weighted by Gasteiger charge is 2.18. The second kappa shape index (κ2) is 9.59. The van der Waals surface area contributed by atoms with E-state index in [0.717, 1.165) is 10.4 Å². The van der Waals surface area contributed by atoms with Crippen molar-refractivity contribution < 1.29 is 23.5 Å². The summed E-state index contributed by atoms with van der Waals surface area (Å²) in [4.78, 5) is 25.5. The third kappa shape index (κ3) is 5.39. The molecule has 3 aromatic rings. The van der Waals surface area contributed by atoms with Gasteiger partial charge in [0.05, 0.1) is 12.6 Å². The van der Waals surface area contributed by atoms with E-state index in [1.54, 1.807) is 30.3 Å². The van der Waals surface area contributed by atoms with Crippen LogP contribution in [-0.4, -0.2) is 31.7 Å². The summed E-state index contributed by atoms with van der Waals surface area (Å²) in [5, 5.41) is 9.94. The van der Waals surface area contributed by atoms with Crippen LogP contribution in [0.1, 0.15) is 16.5 Å².